The first-order valence-electron chi connectivity index (χ1n) is 5.51. The van der Waals surface area contributed by atoms with Crippen molar-refractivity contribution >= 4 is 21.6 Å². The van der Waals surface area contributed by atoms with E-state index in [1.54, 1.807) is 24.3 Å². The molecule has 2 aromatic carbocycles. The highest BCUT2D eigenvalue weighted by atomic mass is 79.9. The molecule has 0 aliphatic heterocycles. The van der Waals surface area contributed by atoms with Gasteiger partial charge in [0, 0.05) is 12.6 Å². The van der Waals surface area contributed by atoms with E-state index in [-0.39, 0.29) is 5.69 Å². The fraction of sp³-hybridized carbons (Fsp3) is 0.0769. The van der Waals surface area contributed by atoms with Gasteiger partial charge in [-0.05, 0) is 39.7 Å². The summed E-state index contributed by atoms with van der Waals surface area (Å²) in [7, 11) is 0. The third-order valence-electron chi connectivity index (χ3n) is 2.50. The van der Waals surface area contributed by atoms with E-state index in [1.807, 2.05) is 12.1 Å². The second kappa shape index (κ2) is 5.81. The van der Waals surface area contributed by atoms with Crippen molar-refractivity contribution in [3.8, 4) is 11.5 Å². The molecule has 5 nitrogen and oxygen atoms in total. The van der Waals surface area contributed by atoms with Crippen molar-refractivity contribution in [3.05, 3.63) is 62.6 Å². The predicted octanol–water partition coefficient (Wildman–Crippen LogP) is 3.61. The van der Waals surface area contributed by atoms with E-state index in [2.05, 4.69) is 15.9 Å². The summed E-state index contributed by atoms with van der Waals surface area (Å²) in [5, 5.41) is 10.8. The van der Waals surface area contributed by atoms with E-state index in [0.717, 1.165) is 5.56 Å². The van der Waals surface area contributed by atoms with Gasteiger partial charge in [-0.1, -0.05) is 18.2 Å². The van der Waals surface area contributed by atoms with Crippen LogP contribution in [0, 0.1) is 10.1 Å². The maximum absolute atomic E-state index is 10.8. The molecule has 0 saturated heterocycles. The second-order valence-electron chi connectivity index (χ2n) is 3.80. The van der Waals surface area contributed by atoms with Crippen molar-refractivity contribution in [1.29, 1.82) is 0 Å². The number of nitrogens with zero attached hydrogens (tertiary/aromatic N) is 1. The van der Waals surface area contributed by atoms with Gasteiger partial charge in [-0.15, -0.1) is 0 Å². The Kier molecular flexibility index (Phi) is 4.13. The van der Waals surface area contributed by atoms with Crippen molar-refractivity contribution in [1.82, 2.24) is 0 Å². The number of hydrogen-bond donors (Lipinski definition) is 1. The average Bonchev–Trinajstić information content (AvgIpc) is 2.41. The van der Waals surface area contributed by atoms with Crippen LogP contribution in [0.4, 0.5) is 5.69 Å². The Bertz CT molecular complexity index is 617. The van der Waals surface area contributed by atoms with Crippen LogP contribution >= 0.6 is 15.9 Å². The second-order valence-corrected chi connectivity index (χ2v) is 4.59. The highest BCUT2D eigenvalue weighted by Gasteiger charge is 2.16. The first kappa shape index (κ1) is 13.5. The first-order valence-corrected chi connectivity index (χ1v) is 6.31. The van der Waals surface area contributed by atoms with Crippen molar-refractivity contribution in [3.63, 3.8) is 0 Å². The molecular formula is C13H11BrN2O3. The molecule has 2 aromatic rings. The minimum atomic E-state index is -0.465. The topological polar surface area (TPSA) is 78.4 Å². The lowest BCUT2D eigenvalue weighted by atomic mass is 10.2. The average molecular weight is 323 g/mol. The normalized spacial score (nSPS) is 10.2. The van der Waals surface area contributed by atoms with Crippen LogP contribution in [-0.4, -0.2) is 4.92 Å². The smallest absolute Gasteiger partial charge is 0.287 e. The van der Waals surface area contributed by atoms with E-state index in [4.69, 9.17) is 10.5 Å². The van der Waals surface area contributed by atoms with Gasteiger partial charge in [0.2, 0.25) is 0 Å². The van der Waals surface area contributed by atoms with Gasteiger partial charge in [0.15, 0.2) is 0 Å². The molecule has 0 heterocycles. The van der Waals surface area contributed by atoms with Gasteiger partial charge in [0.25, 0.3) is 5.69 Å². The molecule has 0 unspecified atom stereocenters. The van der Waals surface area contributed by atoms with Crippen LogP contribution in [0.1, 0.15) is 5.56 Å². The van der Waals surface area contributed by atoms with Crippen molar-refractivity contribution in [2.45, 2.75) is 6.54 Å². The predicted molar refractivity (Wildman–Crippen MR) is 75.2 cm³/mol. The molecule has 6 heteroatoms. The summed E-state index contributed by atoms with van der Waals surface area (Å²) >= 11 is 3.18. The molecule has 0 aliphatic rings. The Balaban J connectivity index is 2.33. The summed E-state index contributed by atoms with van der Waals surface area (Å²) in [5.74, 6) is 0.979. The molecule has 0 aliphatic carbocycles. The van der Waals surface area contributed by atoms with E-state index in [9.17, 15) is 10.1 Å². The minimum Gasteiger partial charge on any atom is -0.456 e. The standard InChI is InChI=1S/C13H11BrN2O3/c14-13-11(16(17)18)5-2-6-12(13)19-10-4-1-3-9(7-10)8-15/h1-7H,8,15H2. The SMILES string of the molecule is NCc1cccc(Oc2cccc([N+](=O)[O-])c2Br)c1. The lowest BCUT2D eigenvalue weighted by Crippen LogP contribution is -1.96. The van der Waals surface area contributed by atoms with Gasteiger partial charge in [-0.3, -0.25) is 10.1 Å². The monoisotopic (exact) mass is 322 g/mol. The number of benzene rings is 2. The van der Waals surface area contributed by atoms with Crippen LogP contribution in [0.25, 0.3) is 0 Å². The number of hydrogen-bond acceptors (Lipinski definition) is 4. The number of ether oxygens (including phenoxy) is 1. The number of halogens is 1. The summed E-state index contributed by atoms with van der Waals surface area (Å²) in [6, 6.07) is 11.9. The minimum absolute atomic E-state index is 0.0347. The fourth-order valence-corrected chi connectivity index (χ4v) is 2.07. The molecule has 19 heavy (non-hydrogen) atoms. The van der Waals surface area contributed by atoms with Gasteiger partial charge >= 0.3 is 0 Å². The highest BCUT2D eigenvalue weighted by molar-refractivity contribution is 9.10. The molecular weight excluding hydrogens is 312 g/mol. The van der Waals surface area contributed by atoms with E-state index >= 15 is 0 Å². The lowest BCUT2D eigenvalue weighted by molar-refractivity contribution is -0.385. The highest BCUT2D eigenvalue weighted by Crippen LogP contribution is 2.36. The summed E-state index contributed by atoms with van der Waals surface area (Å²) in [6.45, 7) is 0.410. The molecule has 2 N–H and O–H groups in total. The number of nitrogens with two attached hydrogens (primary N) is 1. The quantitative estimate of drug-likeness (QED) is 0.689. The molecule has 2 rings (SSSR count). The van der Waals surface area contributed by atoms with Crippen LogP contribution in [0.3, 0.4) is 0 Å². The Hall–Kier alpha value is -1.92. The molecule has 98 valence electrons. The summed E-state index contributed by atoms with van der Waals surface area (Å²) in [6.07, 6.45) is 0. The number of nitro groups is 1. The van der Waals surface area contributed by atoms with Crippen LogP contribution in [0.5, 0.6) is 11.5 Å². The van der Waals surface area contributed by atoms with E-state index in [0.29, 0.717) is 22.5 Å². The summed E-state index contributed by atoms with van der Waals surface area (Å²) in [5.41, 5.74) is 6.45. The Morgan fingerprint density at radius 3 is 2.68 bits per heavy atom. The number of rotatable bonds is 4. The molecule has 0 aromatic heterocycles. The molecule has 0 spiro atoms. The van der Waals surface area contributed by atoms with Gasteiger partial charge in [0.1, 0.15) is 16.0 Å². The van der Waals surface area contributed by atoms with Crippen LogP contribution in [0.15, 0.2) is 46.9 Å². The zero-order chi connectivity index (χ0) is 13.8. The third kappa shape index (κ3) is 3.10. The van der Waals surface area contributed by atoms with Gasteiger partial charge in [0.05, 0.1) is 4.92 Å². The van der Waals surface area contributed by atoms with Crippen molar-refractivity contribution in [2.75, 3.05) is 0 Å². The lowest BCUT2D eigenvalue weighted by Gasteiger charge is -2.08. The molecule has 0 saturated carbocycles. The maximum Gasteiger partial charge on any atom is 0.287 e. The number of nitro benzene ring substituents is 1. The van der Waals surface area contributed by atoms with Crippen molar-refractivity contribution < 1.29 is 9.66 Å². The Morgan fingerprint density at radius 1 is 1.26 bits per heavy atom. The zero-order valence-electron chi connectivity index (χ0n) is 9.88. The maximum atomic E-state index is 10.8. The molecule has 0 bridgehead atoms. The van der Waals surface area contributed by atoms with Crippen LogP contribution in [-0.2, 0) is 6.54 Å². The van der Waals surface area contributed by atoms with Crippen LogP contribution in [0.2, 0.25) is 0 Å². The molecule has 0 fully saturated rings. The fourth-order valence-electron chi connectivity index (χ4n) is 1.58. The van der Waals surface area contributed by atoms with E-state index in [1.165, 1.54) is 6.07 Å². The molecule has 0 atom stereocenters. The van der Waals surface area contributed by atoms with Gasteiger partial charge in [-0.2, -0.15) is 0 Å². The third-order valence-corrected chi connectivity index (χ3v) is 3.30. The van der Waals surface area contributed by atoms with Crippen LogP contribution < -0.4 is 10.5 Å². The largest absolute Gasteiger partial charge is 0.456 e. The summed E-state index contributed by atoms with van der Waals surface area (Å²) in [4.78, 5) is 10.4. The Labute approximate surface area is 118 Å². The molecule has 0 radical (unpaired) electrons. The first-order chi connectivity index (χ1) is 9.11. The summed E-state index contributed by atoms with van der Waals surface area (Å²) < 4.78 is 5.95. The Morgan fingerprint density at radius 2 is 2.00 bits per heavy atom. The molecule has 0 amide bonds. The van der Waals surface area contributed by atoms with Gasteiger partial charge in [-0.25, -0.2) is 0 Å². The van der Waals surface area contributed by atoms with Gasteiger partial charge < -0.3 is 10.5 Å². The zero-order valence-corrected chi connectivity index (χ0v) is 11.5. The van der Waals surface area contributed by atoms with E-state index < -0.39 is 4.92 Å². The van der Waals surface area contributed by atoms with Crippen molar-refractivity contribution in [2.24, 2.45) is 5.73 Å².